The van der Waals surface area contributed by atoms with Crippen LogP contribution in [0.4, 0.5) is 15.3 Å². The van der Waals surface area contributed by atoms with E-state index in [9.17, 15) is 9.59 Å². The summed E-state index contributed by atoms with van der Waals surface area (Å²) in [6.07, 6.45) is -0.473. The van der Waals surface area contributed by atoms with Crippen molar-refractivity contribution in [2.24, 2.45) is 0 Å². The molecule has 1 aromatic carbocycles. The van der Waals surface area contributed by atoms with Crippen LogP contribution in [0.1, 0.15) is 31.9 Å². The van der Waals surface area contributed by atoms with Crippen LogP contribution in [0.2, 0.25) is 0 Å². The summed E-state index contributed by atoms with van der Waals surface area (Å²) in [4.78, 5) is 28.0. The number of alkyl carbamates (subject to hydrolysis) is 1. The molecule has 7 nitrogen and oxygen atoms in total. The molecule has 0 aromatic heterocycles. The minimum atomic E-state index is -0.525. The first-order valence-corrected chi connectivity index (χ1v) is 9.48. The average Bonchev–Trinajstić information content (AvgIpc) is 2.59. The highest BCUT2D eigenvalue weighted by atomic mass is 16.6. The third-order valence-electron chi connectivity index (χ3n) is 4.55. The minimum Gasteiger partial charge on any atom is -0.444 e. The first-order valence-electron chi connectivity index (χ1n) is 9.48. The Labute approximate surface area is 162 Å². The second-order valence-electron chi connectivity index (χ2n) is 7.85. The second kappa shape index (κ2) is 8.97. The summed E-state index contributed by atoms with van der Waals surface area (Å²) in [7, 11) is 0. The molecule has 1 saturated heterocycles. The molecule has 0 radical (unpaired) electrons. The fourth-order valence-corrected chi connectivity index (χ4v) is 2.99. The van der Waals surface area contributed by atoms with Crippen LogP contribution < -0.4 is 15.5 Å². The maximum atomic E-state index is 12.3. The molecule has 2 rings (SSSR count). The number of hydrogen-bond acceptors (Lipinski definition) is 4. The molecule has 0 unspecified atom stereocenters. The maximum Gasteiger partial charge on any atom is 0.407 e. The molecule has 0 spiro atoms. The number of nitrogens with zero attached hydrogens (tertiary/aromatic N) is 2. The zero-order valence-electron chi connectivity index (χ0n) is 17.1. The number of amides is 3. The molecular formula is C20H32N4O3. The van der Waals surface area contributed by atoms with Gasteiger partial charge >= 0.3 is 12.1 Å². The van der Waals surface area contributed by atoms with E-state index in [-0.39, 0.29) is 6.03 Å². The maximum absolute atomic E-state index is 12.3. The summed E-state index contributed by atoms with van der Waals surface area (Å²) in [5, 5.41) is 5.48. The Morgan fingerprint density at radius 1 is 1.04 bits per heavy atom. The molecule has 7 heteroatoms. The summed E-state index contributed by atoms with van der Waals surface area (Å²) in [6.45, 7) is 13.4. The van der Waals surface area contributed by atoms with Gasteiger partial charge in [0.15, 0.2) is 0 Å². The van der Waals surface area contributed by atoms with Crippen LogP contribution >= 0.6 is 0 Å². The molecule has 1 aromatic rings. The van der Waals surface area contributed by atoms with E-state index >= 15 is 0 Å². The van der Waals surface area contributed by atoms with Gasteiger partial charge < -0.3 is 25.2 Å². The van der Waals surface area contributed by atoms with Gasteiger partial charge in [-0.3, -0.25) is 0 Å². The Morgan fingerprint density at radius 2 is 1.67 bits per heavy atom. The fraction of sp³-hybridized carbons (Fsp3) is 0.600. The highest BCUT2D eigenvalue weighted by Crippen LogP contribution is 2.23. The third-order valence-corrected chi connectivity index (χ3v) is 4.55. The van der Waals surface area contributed by atoms with Gasteiger partial charge in [0, 0.05) is 45.0 Å². The molecule has 0 saturated carbocycles. The zero-order chi connectivity index (χ0) is 20.0. The van der Waals surface area contributed by atoms with Gasteiger partial charge in [-0.25, -0.2) is 9.59 Å². The lowest BCUT2D eigenvalue weighted by Gasteiger charge is -2.37. The highest BCUT2D eigenvalue weighted by molar-refractivity contribution is 5.74. The Kier molecular flexibility index (Phi) is 6.93. The van der Waals surface area contributed by atoms with Crippen molar-refractivity contribution < 1.29 is 14.3 Å². The van der Waals surface area contributed by atoms with Crippen LogP contribution in [0.3, 0.4) is 0 Å². The lowest BCUT2D eigenvalue weighted by Crippen LogP contribution is -2.52. The van der Waals surface area contributed by atoms with Crippen molar-refractivity contribution in [2.45, 2.75) is 40.2 Å². The molecule has 1 aliphatic heterocycles. The van der Waals surface area contributed by atoms with Crippen molar-refractivity contribution in [2.75, 3.05) is 44.2 Å². The predicted octanol–water partition coefficient (Wildman–Crippen LogP) is 2.66. The number of ether oxygens (including phenoxy) is 1. The van der Waals surface area contributed by atoms with E-state index in [0.717, 1.165) is 13.1 Å². The van der Waals surface area contributed by atoms with Gasteiger partial charge in [-0.2, -0.15) is 0 Å². The number of piperazine rings is 1. The number of aryl methyl sites for hydroxylation is 1. The van der Waals surface area contributed by atoms with E-state index in [1.807, 2.05) is 25.7 Å². The number of urea groups is 1. The van der Waals surface area contributed by atoms with Gasteiger partial charge in [0.2, 0.25) is 0 Å². The standard InChI is InChI=1S/C20H32N4O3/c1-15-7-6-8-17(16(15)2)23-11-13-24(14-12-23)18(25)21-9-10-22-19(26)27-20(3,4)5/h6-8H,9-14H2,1-5H3,(H,21,25)(H,22,26). The summed E-state index contributed by atoms with van der Waals surface area (Å²) in [6, 6.07) is 6.24. The average molecular weight is 377 g/mol. The van der Waals surface area contributed by atoms with Crippen LogP contribution in [0, 0.1) is 13.8 Å². The summed E-state index contributed by atoms with van der Waals surface area (Å²) < 4.78 is 5.15. The van der Waals surface area contributed by atoms with Crippen molar-refractivity contribution in [3.05, 3.63) is 29.3 Å². The van der Waals surface area contributed by atoms with Gasteiger partial charge in [-0.05, 0) is 51.8 Å². The topological polar surface area (TPSA) is 73.9 Å². The van der Waals surface area contributed by atoms with Gasteiger partial charge in [-0.1, -0.05) is 12.1 Å². The van der Waals surface area contributed by atoms with Crippen molar-refractivity contribution in [1.29, 1.82) is 0 Å². The van der Waals surface area contributed by atoms with Crippen molar-refractivity contribution in [1.82, 2.24) is 15.5 Å². The van der Waals surface area contributed by atoms with E-state index < -0.39 is 11.7 Å². The number of nitrogens with one attached hydrogen (secondary N) is 2. The molecule has 0 bridgehead atoms. The Balaban J connectivity index is 1.71. The van der Waals surface area contributed by atoms with E-state index in [2.05, 4.69) is 47.6 Å². The molecule has 150 valence electrons. The number of carbonyl (C=O) groups is 2. The molecule has 1 heterocycles. The van der Waals surface area contributed by atoms with Crippen molar-refractivity contribution >= 4 is 17.8 Å². The molecule has 27 heavy (non-hydrogen) atoms. The zero-order valence-corrected chi connectivity index (χ0v) is 17.1. The predicted molar refractivity (Wildman–Crippen MR) is 107 cm³/mol. The van der Waals surface area contributed by atoms with Crippen LogP contribution in [0.15, 0.2) is 18.2 Å². The first kappa shape index (κ1) is 20.9. The lowest BCUT2D eigenvalue weighted by molar-refractivity contribution is 0.0528. The molecular weight excluding hydrogens is 344 g/mol. The van der Waals surface area contributed by atoms with Gasteiger partial charge in [0.1, 0.15) is 5.60 Å². The normalized spacial score (nSPS) is 14.7. The van der Waals surface area contributed by atoms with Crippen LogP contribution in [-0.4, -0.2) is 61.9 Å². The lowest BCUT2D eigenvalue weighted by atomic mass is 10.1. The second-order valence-corrected chi connectivity index (χ2v) is 7.85. The van der Waals surface area contributed by atoms with Crippen LogP contribution in [0.5, 0.6) is 0 Å². The van der Waals surface area contributed by atoms with E-state index in [0.29, 0.717) is 26.2 Å². The van der Waals surface area contributed by atoms with Gasteiger partial charge in [0.25, 0.3) is 0 Å². The Bertz CT molecular complexity index is 662. The number of carbonyl (C=O) groups excluding carboxylic acids is 2. The van der Waals surface area contributed by atoms with E-state index in [1.165, 1.54) is 16.8 Å². The molecule has 3 amide bonds. The SMILES string of the molecule is Cc1cccc(N2CCN(C(=O)NCCNC(=O)OC(C)(C)C)CC2)c1C. The molecule has 0 aliphatic carbocycles. The van der Waals surface area contributed by atoms with Crippen LogP contribution in [-0.2, 0) is 4.74 Å². The number of hydrogen-bond donors (Lipinski definition) is 2. The Morgan fingerprint density at radius 3 is 2.30 bits per heavy atom. The van der Waals surface area contributed by atoms with Crippen LogP contribution in [0.25, 0.3) is 0 Å². The number of anilines is 1. The molecule has 0 atom stereocenters. The van der Waals surface area contributed by atoms with Gasteiger partial charge in [0.05, 0.1) is 0 Å². The molecule has 1 fully saturated rings. The monoisotopic (exact) mass is 376 g/mol. The fourth-order valence-electron chi connectivity index (χ4n) is 2.99. The summed E-state index contributed by atoms with van der Waals surface area (Å²) >= 11 is 0. The Hall–Kier alpha value is -2.44. The van der Waals surface area contributed by atoms with Gasteiger partial charge in [-0.15, -0.1) is 0 Å². The largest absolute Gasteiger partial charge is 0.444 e. The number of benzene rings is 1. The third kappa shape index (κ3) is 6.34. The minimum absolute atomic E-state index is 0.0957. The first-order chi connectivity index (χ1) is 12.7. The summed E-state index contributed by atoms with van der Waals surface area (Å²) in [5.74, 6) is 0. The van der Waals surface area contributed by atoms with E-state index in [1.54, 1.807) is 0 Å². The molecule has 2 N–H and O–H groups in total. The number of rotatable bonds is 4. The molecule has 1 aliphatic rings. The van der Waals surface area contributed by atoms with Crippen molar-refractivity contribution in [3.63, 3.8) is 0 Å². The van der Waals surface area contributed by atoms with Crippen molar-refractivity contribution in [3.8, 4) is 0 Å². The highest BCUT2D eigenvalue weighted by Gasteiger charge is 2.22. The van der Waals surface area contributed by atoms with E-state index in [4.69, 9.17) is 4.74 Å². The summed E-state index contributed by atoms with van der Waals surface area (Å²) in [5.41, 5.74) is 3.30. The smallest absolute Gasteiger partial charge is 0.407 e. The quantitative estimate of drug-likeness (QED) is 0.793.